The molecule has 0 saturated heterocycles. The van der Waals surface area contributed by atoms with Crippen LogP contribution >= 0.6 is 34.8 Å². The van der Waals surface area contributed by atoms with Crippen LogP contribution in [-0.4, -0.2) is 5.11 Å². The van der Waals surface area contributed by atoms with Gasteiger partial charge in [-0.3, -0.25) is 0 Å². The number of rotatable bonds is 0. The van der Waals surface area contributed by atoms with Gasteiger partial charge in [-0.2, -0.15) is 0 Å². The van der Waals surface area contributed by atoms with Gasteiger partial charge in [0.05, 0.1) is 10.0 Å². The van der Waals surface area contributed by atoms with Crippen molar-refractivity contribution in [2.24, 2.45) is 0 Å². The van der Waals surface area contributed by atoms with E-state index in [4.69, 9.17) is 39.2 Å². The molecule has 0 fully saturated rings. The number of phenols is 1. The minimum atomic E-state index is 0.155. The molecular weight excluding hydrogens is 282 g/mol. The maximum Gasteiger partial charge on any atom is 0.155 e. The molecule has 0 aliphatic carbocycles. The zero-order chi connectivity index (χ0) is 12.2. The Bertz CT molecular complexity index is 746. The highest BCUT2D eigenvalue weighted by Gasteiger charge is 2.15. The molecular formula is C12H5Cl3O2. The second-order valence-corrected chi connectivity index (χ2v) is 4.81. The topological polar surface area (TPSA) is 33.4 Å². The van der Waals surface area contributed by atoms with Crippen molar-refractivity contribution < 1.29 is 9.52 Å². The normalized spacial score (nSPS) is 11.5. The maximum absolute atomic E-state index is 9.47. The van der Waals surface area contributed by atoms with Gasteiger partial charge < -0.3 is 9.52 Å². The summed E-state index contributed by atoms with van der Waals surface area (Å²) in [6, 6.07) is 6.49. The van der Waals surface area contributed by atoms with Crippen molar-refractivity contribution in [1.29, 1.82) is 0 Å². The Morgan fingerprint density at radius 2 is 1.71 bits per heavy atom. The number of furan rings is 1. The summed E-state index contributed by atoms with van der Waals surface area (Å²) in [4.78, 5) is 0. The SMILES string of the molecule is Oc1ccc2oc3c(Cl)c(Cl)c(Cl)cc3c2c1. The van der Waals surface area contributed by atoms with Crippen LogP contribution < -0.4 is 0 Å². The molecule has 0 aliphatic rings. The predicted molar refractivity (Wildman–Crippen MR) is 70.4 cm³/mol. The van der Waals surface area contributed by atoms with E-state index in [9.17, 15) is 5.11 Å². The van der Waals surface area contributed by atoms with E-state index in [0.717, 1.165) is 10.8 Å². The first-order chi connectivity index (χ1) is 8.08. The lowest BCUT2D eigenvalue weighted by molar-refractivity contribution is 0.476. The molecule has 3 aromatic rings. The molecule has 0 radical (unpaired) electrons. The molecule has 2 nitrogen and oxygen atoms in total. The van der Waals surface area contributed by atoms with Gasteiger partial charge in [0.1, 0.15) is 16.4 Å². The van der Waals surface area contributed by atoms with E-state index in [0.29, 0.717) is 16.2 Å². The molecule has 0 aliphatic heterocycles. The molecule has 2 aromatic carbocycles. The smallest absolute Gasteiger partial charge is 0.155 e. The van der Waals surface area contributed by atoms with Crippen LogP contribution in [0.5, 0.6) is 5.75 Å². The number of halogens is 3. The number of fused-ring (bicyclic) bond motifs is 3. The standard InChI is InChI=1S/C12H5Cl3O2/c13-8-4-7-6-3-5(16)1-2-9(6)17-12(7)11(15)10(8)14/h1-4,16H. The first-order valence-corrected chi connectivity index (χ1v) is 5.90. The average Bonchev–Trinajstić information content (AvgIpc) is 2.65. The lowest BCUT2D eigenvalue weighted by Gasteiger charge is -1.99. The van der Waals surface area contributed by atoms with Gasteiger partial charge in [-0.05, 0) is 24.3 Å². The van der Waals surface area contributed by atoms with Crippen molar-refractivity contribution in [3.63, 3.8) is 0 Å². The molecule has 5 heteroatoms. The van der Waals surface area contributed by atoms with Crippen LogP contribution in [0.3, 0.4) is 0 Å². The average molecular weight is 288 g/mol. The van der Waals surface area contributed by atoms with Crippen molar-refractivity contribution in [2.45, 2.75) is 0 Å². The zero-order valence-corrected chi connectivity index (χ0v) is 10.6. The Kier molecular flexibility index (Phi) is 2.40. The third-order valence-corrected chi connectivity index (χ3v) is 3.83. The second kappa shape index (κ2) is 3.70. The molecule has 17 heavy (non-hydrogen) atoms. The van der Waals surface area contributed by atoms with Crippen molar-refractivity contribution in [3.05, 3.63) is 39.3 Å². The lowest BCUT2D eigenvalue weighted by Crippen LogP contribution is -1.73. The van der Waals surface area contributed by atoms with E-state index in [2.05, 4.69) is 0 Å². The number of benzene rings is 2. The van der Waals surface area contributed by atoms with Crippen LogP contribution in [0.2, 0.25) is 15.1 Å². The summed E-state index contributed by atoms with van der Waals surface area (Å²) in [5.74, 6) is 0.155. The number of phenolic OH excluding ortho intramolecular Hbond substituents is 1. The van der Waals surface area contributed by atoms with Gasteiger partial charge in [0.25, 0.3) is 0 Å². The summed E-state index contributed by atoms with van der Waals surface area (Å²) in [5.41, 5.74) is 1.10. The molecule has 0 unspecified atom stereocenters. The minimum Gasteiger partial charge on any atom is -0.508 e. The van der Waals surface area contributed by atoms with Crippen LogP contribution in [0.1, 0.15) is 0 Å². The van der Waals surface area contributed by atoms with Crippen molar-refractivity contribution in [1.82, 2.24) is 0 Å². The first-order valence-electron chi connectivity index (χ1n) is 4.76. The van der Waals surface area contributed by atoms with Gasteiger partial charge in [0, 0.05) is 10.8 Å². The Labute approximate surface area is 111 Å². The molecule has 1 aromatic heterocycles. The van der Waals surface area contributed by atoms with E-state index in [1.54, 1.807) is 24.3 Å². The summed E-state index contributed by atoms with van der Waals surface area (Å²) in [7, 11) is 0. The monoisotopic (exact) mass is 286 g/mol. The molecule has 0 bridgehead atoms. The fraction of sp³-hybridized carbons (Fsp3) is 0. The Hall–Kier alpha value is -1.09. The minimum absolute atomic E-state index is 0.155. The molecule has 3 rings (SSSR count). The Morgan fingerprint density at radius 3 is 2.47 bits per heavy atom. The van der Waals surface area contributed by atoms with Crippen LogP contribution in [0.25, 0.3) is 21.9 Å². The molecule has 0 spiro atoms. The molecule has 0 atom stereocenters. The number of hydrogen-bond donors (Lipinski definition) is 1. The van der Waals surface area contributed by atoms with Gasteiger partial charge in [0.2, 0.25) is 0 Å². The van der Waals surface area contributed by atoms with Gasteiger partial charge in [-0.1, -0.05) is 34.8 Å². The zero-order valence-electron chi connectivity index (χ0n) is 8.30. The molecule has 1 N–H and O–H groups in total. The fourth-order valence-electron chi connectivity index (χ4n) is 1.81. The highest BCUT2D eigenvalue weighted by molar-refractivity contribution is 6.50. The second-order valence-electron chi connectivity index (χ2n) is 3.65. The molecule has 1 heterocycles. The molecule has 0 saturated carbocycles. The van der Waals surface area contributed by atoms with E-state index < -0.39 is 0 Å². The molecule has 0 amide bonds. The van der Waals surface area contributed by atoms with Crippen LogP contribution in [0.4, 0.5) is 0 Å². The third-order valence-electron chi connectivity index (χ3n) is 2.58. The Balaban J connectivity index is 2.57. The summed E-state index contributed by atoms with van der Waals surface area (Å²) >= 11 is 18.0. The van der Waals surface area contributed by atoms with Crippen LogP contribution in [0, 0.1) is 0 Å². The van der Waals surface area contributed by atoms with Crippen LogP contribution in [-0.2, 0) is 0 Å². The van der Waals surface area contributed by atoms with Crippen LogP contribution in [0.15, 0.2) is 28.7 Å². The van der Waals surface area contributed by atoms with Crippen molar-refractivity contribution in [3.8, 4) is 5.75 Å². The summed E-state index contributed by atoms with van der Waals surface area (Å²) in [5, 5.41) is 11.9. The Morgan fingerprint density at radius 1 is 0.941 bits per heavy atom. The predicted octanol–water partition coefficient (Wildman–Crippen LogP) is 5.25. The van der Waals surface area contributed by atoms with E-state index in [1.165, 1.54) is 0 Å². The third kappa shape index (κ3) is 1.56. The van der Waals surface area contributed by atoms with E-state index in [-0.39, 0.29) is 15.8 Å². The summed E-state index contributed by atoms with van der Waals surface area (Å²) < 4.78 is 5.59. The van der Waals surface area contributed by atoms with Gasteiger partial charge in [0.15, 0.2) is 5.58 Å². The van der Waals surface area contributed by atoms with Gasteiger partial charge >= 0.3 is 0 Å². The van der Waals surface area contributed by atoms with Gasteiger partial charge in [-0.15, -0.1) is 0 Å². The number of aromatic hydroxyl groups is 1. The largest absolute Gasteiger partial charge is 0.508 e. The summed E-state index contributed by atoms with van der Waals surface area (Å²) in [6.07, 6.45) is 0. The van der Waals surface area contributed by atoms with Crippen molar-refractivity contribution in [2.75, 3.05) is 0 Å². The quantitative estimate of drug-likeness (QED) is 0.573. The summed E-state index contributed by atoms with van der Waals surface area (Å²) in [6.45, 7) is 0. The van der Waals surface area contributed by atoms with Gasteiger partial charge in [-0.25, -0.2) is 0 Å². The first kappa shape index (κ1) is 11.0. The van der Waals surface area contributed by atoms with E-state index >= 15 is 0 Å². The highest BCUT2D eigenvalue weighted by atomic mass is 35.5. The van der Waals surface area contributed by atoms with E-state index in [1.807, 2.05) is 0 Å². The highest BCUT2D eigenvalue weighted by Crippen LogP contribution is 2.41. The fourth-order valence-corrected chi connectivity index (χ4v) is 2.44. The maximum atomic E-state index is 9.47. The van der Waals surface area contributed by atoms with Crippen molar-refractivity contribution >= 4 is 56.7 Å². The number of hydrogen-bond acceptors (Lipinski definition) is 2. The lowest BCUT2D eigenvalue weighted by atomic mass is 10.1. The molecule has 86 valence electrons.